The summed E-state index contributed by atoms with van der Waals surface area (Å²) in [5.74, 6) is 1.84. The third kappa shape index (κ3) is 3.79. The van der Waals surface area contributed by atoms with Crippen molar-refractivity contribution in [3.05, 3.63) is 134 Å². The Morgan fingerprint density at radius 2 is 1.16 bits per heavy atom. The molecule has 3 heterocycles. The highest BCUT2D eigenvalue weighted by atomic mass is 16.3. The molecule has 0 saturated carbocycles. The molecule has 200 valence electrons. The zero-order valence-electron chi connectivity index (χ0n) is 22.9. The van der Waals surface area contributed by atoms with E-state index in [0.29, 0.717) is 17.5 Å². The fourth-order valence-electron chi connectivity index (χ4n) is 6.15. The normalized spacial score (nSPS) is 11.7. The summed E-state index contributed by atoms with van der Waals surface area (Å²) in [4.78, 5) is 19.9. The highest BCUT2D eigenvalue weighted by Crippen LogP contribution is 2.39. The van der Waals surface area contributed by atoms with Gasteiger partial charge in [-0.15, -0.1) is 0 Å². The van der Waals surface area contributed by atoms with Gasteiger partial charge in [0.2, 0.25) is 0 Å². The second-order valence-corrected chi connectivity index (χ2v) is 10.7. The Morgan fingerprint density at radius 3 is 2.05 bits per heavy atom. The van der Waals surface area contributed by atoms with Gasteiger partial charge in [0.05, 0.1) is 5.52 Å². The average Bonchev–Trinajstić information content (AvgIpc) is 3.44. The van der Waals surface area contributed by atoms with Gasteiger partial charge in [-0.25, -0.2) is 15.0 Å². The molecule has 0 aliphatic heterocycles. The van der Waals surface area contributed by atoms with E-state index in [2.05, 4.69) is 77.8 Å². The standard InChI is InChI=1S/C38H22N4O/c1-2-10-23(11-3-1)36-40-37(29-17-8-18-33-35(29)31-22-32-25(13-9-19-39-32)21-34(31)43-33)42-38(41-36)30-20-24-12-4-5-14-26(24)27-15-6-7-16-28(27)30/h1-22H. The molecule has 0 saturated heterocycles. The van der Waals surface area contributed by atoms with Crippen LogP contribution in [-0.4, -0.2) is 19.9 Å². The number of nitrogens with zero attached hydrogens (tertiary/aromatic N) is 4. The van der Waals surface area contributed by atoms with Crippen molar-refractivity contribution in [2.24, 2.45) is 0 Å². The summed E-state index contributed by atoms with van der Waals surface area (Å²) in [7, 11) is 0. The van der Waals surface area contributed by atoms with Crippen LogP contribution in [0.1, 0.15) is 0 Å². The number of hydrogen-bond acceptors (Lipinski definition) is 5. The Balaban J connectivity index is 1.36. The van der Waals surface area contributed by atoms with E-state index in [1.165, 1.54) is 10.8 Å². The Bertz CT molecular complexity index is 2520. The maximum atomic E-state index is 6.36. The molecule has 0 unspecified atom stereocenters. The number of fused-ring (bicyclic) bond motifs is 7. The topological polar surface area (TPSA) is 64.7 Å². The minimum Gasteiger partial charge on any atom is -0.456 e. The minimum absolute atomic E-state index is 0.593. The van der Waals surface area contributed by atoms with Crippen molar-refractivity contribution >= 4 is 54.4 Å². The Hall–Kier alpha value is -5.94. The smallest absolute Gasteiger partial charge is 0.164 e. The van der Waals surface area contributed by atoms with Gasteiger partial charge >= 0.3 is 0 Å². The van der Waals surface area contributed by atoms with Gasteiger partial charge in [-0.1, -0.05) is 97.1 Å². The number of furan rings is 1. The molecule has 0 fully saturated rings. The number of pyridine rings is 1. The van der Waals surface area contributed by atoms with E-state index in [-0.39, 0.29) is 0 Å². The summed E-state index contributed by atoms with van der Waals surface area (Å²) >= 11 is 0. The van der Waals surface area contributed by atoms with E-state index in [9.17, 15) is 0 Å². The van der Waals surface area contributed by atoms with Crippen LogP contribution in [0, 0.1) is 0 Å². The number of aromatic nitrogens is 4. The molecule has 3 aromatic heterocycles. The maximum Gasteiger partial charge on any atom is 0.164 e. The first-order chi connectivity index (χ1) is 21.3. The van der Waals surface area contributed by atoms with Crippen LogP contribution >= 0.6 is 0 Å². The lowest BCUT2D eigenvalue weighted by Gasteiger charge is -2.12. The third-order valence-electron chi connectivity index (χ3n) is 8.14. The van der Waals surface area contributed by atoms with E-state index in [4.69, 9.17) is 19.4 Å². The maximum absolute atomic E-state index is 6.36. The summed E-state index contributed by atoms with van der Waals surface area (Å²) in [6.07, 6.45) is 1.82. The lowest BCUT2D eigenvalue weighted by molar-refractivity contribution is 0.669. The highest BCUT2D eigenvalue weighted by molar-refractivity contribution is 6.15. The monoisotopic (exact) mass is 550 g/mol. The predicted molar refractivity (Wildman–Crippen MR) is 174 cm³/mol. The third-order valence-corrected chi connectivity index (χ3v) is 8.14. The van der Waals surface area contributed by atoms with Crippen molar-refractivity contribution in [3.8, 4) is 34.2 Å². The van der Waals surface area contributed by atoms with Crippen LogP contribution in [0.2, 0.25) is 0 Å². The van der Waals surface area contributed by atoms with Crippen LogP contribution in [0.5, 0.6) is 0 Å². The van der Waals surface area contributed by atoms with E-state index in [0.717, 1.165) is 60.3 Å². The molecule has 5 heteroatoms. The minimum atomic E-state index is 0.593. The Morgan fingerprint density at radius 1 is 0.442 bits per heavy atom. The van der Waals surface area contributed by atoms with E-state index in [1.54, 1.807) is 0 Å². The van der Waals surface area contributed by atoms with Crippen molar-refractivity contribution in [1.82, 2.24) is 19.9 Å². The van der Waals surface area contributed by atoms with Crippen LogP contribution in [0.4, 0.5) is 0 Å². The van der Waals surface area contributed by atoms with E-state index in [1.807, 2.05) is 60.8 Å². The fraction of sp³-hybridized carbons (Fsp3) is 0. The van der Waals surface area contributed by atoms with Gasteiger partial charge in [-0.05, 0) is 51.9 Å². The molecular formula is C38H22N4O. The first kappa shape index (κ1) is 23.7. The second-order valence-electron chi connectivity index (χ2n) is 10.7. The Labute approximate surface area is 246 Å². The van der Waals surface area contributed by atoms with Gasteiger partial charge in [0.15, 0.2) is 17.5 Å². The predicted octanol–water partition coefficient (Wildman–Crippen LogP) is 9.63. The van der Waals surface area contributed by atoms with Crippen LogP contribution in [-0.2, 0) is 0 Å². The summed E-state index contributed by atoms with van der Waals surface area (Å²) < 4.78 is 6.36. The first-order valence-corrected chi connectivity index (χ1v) is 14.2. The van der Waals surface area contributed by atoms with Crippen molar-refractivity contribution in [3.63, 3.8) is 0 Å². The zero-order chi connectivity index (χ0) is 28.3. The number of hydrogen-bond donors (Lipinski definition) is 0. The first-order valence-electron chi connectivity index (χ1n) is 14.2. The summed E-state index contributed by atoms with van der Waals surface area (Å²) in [6, 6.07) is 43.4. The van der Waals surface area contributed by atoms with Crippen LogP contribution in [0.3, 0.4) is 0 Å². The molecule has 0 amide bonds. The Kier molecular flexibility index (Phi) is 5.13. The van der Waals surface area contributed by atoms with Gasteiger partial charge in [-0.3, -0.25) is 4.98 Å². The van der Waals surface area contributed by atoms with Crippen molar-refractivity contribution in [1.29, 1.82) is 0 Å². The quantitative estimate of drug-likeness (QED) is 0.205. The number of rotatable bonds is 3. The highest BCUT2D eigenvalue weighted by Gasteiger charge is 2.19. The van der Waals surface area contributed by atoms with E-state index < -0.39 is 0 Å². The number of benzene rings is 6. The molecule has 0 bridgehead atoms. The molecule has 0 aliphatic carbocycles. The van der Waals surface area contributed by atoms with Crippen molar-refractivity contribution in [2.75, 3.05) is 0 Å². The lowest BCUT2D eigenvalue weighted by Crippen LogP contribution is -2.01. The molecule has 6 aromatic carbocycles. The van der Waals surface area contributed by atoms with Crippen LogP contribution in [0.25, 0.3) is 88.5 Å². The lowest BCUT2D eigenvalue weighted by atomic mass is 9.96. The summed E-state index contributed by atoms with van der Waals surface area (Å²) in [6.45, 7) is 0. The molecular weight excluding hydrogens is 528 g/mol. The van der Waals surface area contributed by atoms with Crippen molar-refractivity contribution < 1.29 is 4.42 Å². The SMILES string of the molecule is c1ccc(-c2nc(-c3cc4ccccc4c4ccccc34)nc(-c3cccc4oc5cc6cccnc6cc5c34)n2)cc1. The van der Waals surface area contributed by atoms with Crippen LogP contribution < -0.4 is 0 Å². The molecule has 0 atom stereocenters. The summed E-state index contributed by atoms with van der Waals surface area (Å²) in [5, 5.41) is 7.59. The molecule has 9 aromatic rings. The fourth-order valence-corrected chi connectivity index (χ4v) is 6.15. The molecule has 43 heavy (non-hydrogen) atoms. The van der Waals surface area contributed by atoms with Gasteiger partial charge in [-0.2, -0.15) is 0 Å². The molecule has 0 aliphatic rings. The largest absolute Gasteiger partial charge is 0.456 e. The van der Waals surface area contributed by atoms with E-state index >= 15 is 0 Å². The molecule has 0 spiro atoms. The molecule has 0 N–H and O–H groups in total. The molecule has 0 radical (unpaired) electrons. The molecule has 9 rings (SSSR count). The van der Waals surface area contributed by atoms with Crippen molar-refractivity contribution in [2.45, 2.75) is 0 Å². The molecule has 5 nitrogen and oxygen atoms in total. The summed E-state index contributed by atoms with van der Waals surface area (Å²) in [5.41, 5.74) is 5.28. The van der Waals surface area contributed by atoms with Gasteiger partial charge < -0.3 is 4.42 Å². The zero-order valence-corrected chi connectivity index (χ0v) is 22.9. The van der Waals surface area contributed by atoms with Crippen LogP contribution in [0.15, 0.2) is 138 Å². The van der Waals surface area contributed by atoms with Gasteiger partial charge in [0, 0.05) is 39.0 Å². The second kappa shape index (κ2) is 9.29. The average molecular weight is 551 g/mol. The van der Waals surface area contributed by atoms with Gasteiger partial charge in [0.25, 0.3) is 0 Å². The van der Waals surface area contributed by atoms with Gasteiger partial charge in [0.1, 0.15) is 11.2 Å².